The minimum absolute atomic E-state index is 0.196. The SMILES string of the molecule is O=C(/C=C/c1c(Cl)cccc1Cl)NCCc1cccc(Cl)c1. The Balaban J connectivity index is 1.87. The molecule has 0 atom stereocenters. The molecule has 0 unspecified atom stereocenters. The van der Waals surface area contributed by atoms with E-state index in [0.29, 0.717) is 33.6 Å². The van der Waals surface area contributed by atoms with E-state index in [-0.39, 0.29) is 5.91 Å². The summed E-state index contributed by atoms with van der Waals surface area (Å²) < 4.78 is 0. The molecule has 5 heteroatoms. The fraction of sp³-hybridized carbons (Fsp3) is 0.118. The molecule has 114 valence electrons. The van der Waals surface area contributed by atoms with Gasteiger partial charge < -0.3 is 5.32 Å². The zero-order valence-electron chi connectivity index (χ0n) is 11.7. The van der Waals surface area contributed by atoms with Crippen molar-refractivity contribution in [3.63, 3.8) is 0 Å². The van der Waals surface area contributed by atoms with Crippen LogP contribution in [0.15, 0.2) is 48.5 Å². The minimum atomic E-state index is -0.196. The number of carbonyl (C=O) groups excluding carboxylic acids is 1. The Morgan fingerprint density at radius 2 is 1.73 bits per heavy atom. The molecule has 2 aromatic carbocycles. The summed E-state index contributed by atoms with van der Waals surface area (Å²) in [6, 6.07) is 12.8. The van der Waals surface area contributed by atoms with Crippen LogP contribution in [0.25, 0.3) is 6.08 Å². The summed E-state index contributed by atoms with van der Waals surface area (Å²) in [7, 11) is 0. The van der Waals surface area contributed by atoms with Crippen LogP contribution in [0.3, 0.4) is 0 Å². The number of nitrogens with one attached hydrogen (secondary N) is 1. The van der Waals surface area contributed by atoms with Crippen LogP contribution < -0.4 is 5.32 Å². The van der Waals surface area contributed by atoms with Gasteiger partial charge in [-0.25, -0.2) is 0 Å². The number of benzene rings is 2. The molecule has 22 heavy (non-hydrogen) atoms. The highest BCUT2D eigenvalue weighted by Gasteiger charge is 2.02. The molecular weight excluding hydrogens is 341 g/mol. The molecule has 0 radical (unpaired) electrons. The third kappa shape index (κ3) is 5.06. The van der Waals surface area contributed by atoms with Crippen LogP contribution in [0.1, 0.15) is 11.1 Å². The normalized spacial score (nSPS) is 10.9. The second-order valence-corrected chi connectivity index (χ2v) is 5.89. The van der Waals surface area contributed by atoms with Crippen LogP contribution in [0.4, 0.5) is 0 Å². The van der Waals surface area contributed by atoms with E-state index in [1.165, 1.54) is 6.08 Å². The van der Waals surface area contributed by atoms with E-state index in [9.17, 15) is 4.79 Å². The van der Waals surface area contributed by atoms with E-state index in [1.54, 1.807) is 24.3 Å². The first kappa shape index (κ1) is 16.9. The Labute approximate surface area is 144 Å². The van der Waals surface area contributed by atoms with E-state index >= 15 is 0 Å². The Bertz CT molecular complexity index is 678. The first-order valence-electron chi connectivity index (χ1n) is 6.70. The molecule has 2 rings (SSSR count). The minimum Gasteiger partial charge on any atom is -0.352 e. The number of rotatable bonds is 5. The van der Waals surface area contributed by atoms with Gasteiger partial charge in [0.05, 0.1) is 0 Å². The van der Waals surface area contributed by atoms with Gasteiger partial charge in [-0.05, 0) is 42.3 Å². The maximum absolute atomic E-state index is 11.8. The van der Waals surface area contributed by atoms with Gasteiger partial charge in [0.25, 0.3) is 0 Å². The predicted octanol–water partition coefficient (Wildman–Crippen LogP) is 5.02. The number of halogens is 3. The summed E-state index contributed by atoms with van der Waals surface area (Å²) in [5.74, 6) is -0.196. The molecule has 0 heterocycles. The maximum atomic E-state index is 11.8. The molecule has 0 aromatic heterocycles. The van der Waals surface area contributed by atoms with Crippen molar-refractivity contribution in [2.24, 2.45) is 0 Å². The molecule has 2 aromatic rings. The summed E-state index contributed by atoms with van der Waals surface area (Å²) in [6.45, 7) is 0.528. The van der Waals surface area contributed by atoms with Crippen molar-refractivity contribution in [2.75, 3.05) is 6.54 Å². The van der Waals surface area contributed by atoms with E-state index < -0.39 is 0 Å². The molecular formula is C17H14Cl3NO. The van der Waals surface area contributed by atoms with Crippen molar-refractivity contribution in [3.8, 4) is 0 Å². The van der Waals surface area contributed by atoms with Gasteiger partial charge in [-0.15, -0.1) is 0 Å². The van der Waals surface area contributed by atoms with Crippen molar-refractivity contribution in [2.45, 2.75) is 6.42 Å². The molecule has 0 aliphatic rings. The molecule has 0 bridgehead atoms. The molecule has 0 spiro atoms. The molecule has 0 saturated heterocycles. The van der Waals surface area contributed by atoms with Crippen molar-refractivity contribution >= 4 is 46.8 Å². The van der Waals surface area contributed by atoms with E-state index in [4.69, 9.17) is 34.8 Å². The van der Waals surface area contributed by atoms with Gasteiger partial charge in [0, 0.05) is 33.3 Å². The predicted molar refractivity (Wildman–Crippen MR) is 93.7 cm³/mol. The number of hydrogen-bond donors (Lipinski definition) is 1. The standard InChI is InChI=1S/C17H14Cl3NO/c18-13-4-1-3-12(11-13)9-10-21-17(22)8-7-14-15(19)5-2-6-16(14)20/h1-8,11H,9-10H2,(H,21,22)/b8-7+. The van der Waals surface area contributed by atoms with Gasteiger partial charge in [0.2, 0.25) is 5.91 Å². The smallest absolute Gasteiger partial charge is 0.244 e. The lowest BCUT2D eigenvalue weighted by Gasteiger charge is -2.04. The first-order valence-corrected chi connectivity index (χ1v) is 7.84. The monoisotopic (exact) mass is 353 g/mol. The Hall–Kier alpha value is -1.48. The van der Waals surface area contributed by atoms with E-state index in [0.717, 1.165) is 5.56 Å². The van der Waals surface area contributed by atoms with Crippen LogP contribution in [-0.2, 0) is 11.2 Å². The molecule has 0 fully saturated rings. The molecule has 2 nitrogen and oxygen atoms in total. The van der Waals surface area contributed by atoms with Crippen LogP contribution in [-0.4, -0.2) is 12.5 Å². The second kappa shape index (κ2) is 8.23. The molecule has 1 amide bonds. The summed E-state index contributed by atoms with van der Waals surface area (Å²) in [5.41, 5.74) is 1.71. The fourth-order valence-electron chi connectivity index (χ4n) is 1.91. The van der Waals surface area contributed by atoms with Crippen molar-refractivity contribution < 1.29 is 4.79 Å². The van der Waals surface area contributed by atoms with Gasteiger partial charge in [-0.1, -0.05) is 53.0 Å². The van der Waals surface area contributed by atoms with Crippen LogP contribution >= 0.6 is 34.8 Å². The summed E-state index contributed by atoms with van der Waals surface area (Å²) in [6.07, 6.45) is 3.75. The van der Waals surface area contributed by atoms with E-state index in [2.05, 4.69) is 5.32 Å². The van der Waals surface area contributed by atoms with Gasteiger partial charge in [-0.3, -0.25) is 4.79 Å². The lowest BCUT2D eigenvalue weighted by molar-refractivity contribution is -0.116. The molecule has 1 N–H and O–H groups in total. The number of carbonyl (C=O) groups is 1. The van der Waals surface area contributed by atoms with Crippen LogP contribution in [0.2, 0.25) is 15.1 Å². The van der Waals surface area contributed by atoms with Crippen molar-refractivity contribution in [3.05, 3.63) is 74.7 Å². The number of hydrogen-bond acceptors (Lipinski definition) is 1. The van der Waals surface area contributed by atoms with Gasteiger partial charge in [0.15, 0.2) is 0 Å². The maximum Gasteiger partial charge on any atom is 0.244 e. The quantitative estimate of drug-likeness (QED) is 0.751. The lowest BCUT2D eigenvalue weighted by atomic mass is 10.1. The molecule has 0 aliphatic carbocycles. The highest BCUT2D eigenvalue weighted by molar-refractivity contribution is 6.37. The second-order valence-electron chi connectivity index (χ2n) is 4.64. The average Bonchev–Trinajstić information content (AvgIpc) is 2.47. The molecule has 0 aliphatic heterocycles. The van der Waals surface area contributed by atoms with Gasteiger partial charge in [-0.2, -0.15) is 0 Å². The first-order chi connectivity index (χ1) is 10.6. The number of amides is 1. The highest BCUT2D eigenvalue weighted by atomic mass is 35.5. The van der Waals surface area contributed by atoms with Gasteiger partial charge in [0.1, 0.15) is 0 Å². The van der Waals surface area contributed by atoms with E-state index in [1.807, 2.05) is 24.3 Å². The zero-order valence-corrected chi connectivity index (χ0v) is 13.9. The summed E-state index contributed by atoms with van der Waals surface area (Å²) in [5, 5.41) is 4.52. The Morgan fingerprint density at radius 1 is 1.05 bits per heavy atom. The lowest BCUT2D eigenvalue weighted by Crippen LogP contribution is -2.23. The zero-order chi connectivity index (χ0) is 15.9. The third-order valence-electron chi connectivity index (χ3n) is 3.00. The van der Waals surface area contributed by atoms with Crippen LogP contribution in [0.5, 0.6) is 0 Å². The Morgan fingerprint density at radius 3 is 2.41 bits per heavy atom. The summed E-state index contributed by atoms with van der Waals surface area (Å²) in [4.78, 5) is 11.8. The summed E-state index contributed by atoms with van der Waals surface area (Å²) >= 11 is 18.0. The third-order valence-corrected chi connectivity index (χ3v) is 3.90. The Kier molecular flexibility index (Phi) is 6.32. The molecule has 0 saturated carbocycles. The topological polar surface area (TPSA) is 29.1 Å². The van der Waals surface area contributed by atoms with Crippen molar-refractivity contribution in [1.29, 1.82) is 0 Å². The van der Waals surface area contributed by atoms with Crippen LogP contribution in [0, 0.1) is 0 Å². The van der Waals surface area contributed by atoms with Crippen molar-refractivity contribution in [1.82, 2.24) is 5.32 Å². The average molecular weight is 355 g/mol. The fourth-order valence-corrected chi connectivity index (χ4v) is 2.65. The highest BCUT2D eigenvalue weighted by Crippen LogP contribution is 2.25. The largest absolute Gasteiger partial charge is 0.352 e. The van der Waals surface area contributed by atoms with Gasteiger partial charge >= 0.3 is 0 Å².